The Morgan fingerprint density at radius 3 is 2.84 bits per heavy atom. The van der Waals surface area contributed by atoms with Crippen molar-refractivity contribution in [2.24, 2.45) is 0 Å². The van der Waals surface area contributed by atoms with Crippen LogP contribution >= 0.6 is 11.6 Å². The fraction of sp³-hybridized carbons (Fsp3) is 0.294. The minimum absolute atomic E-state index is 0.315. The Morgan fingerprint density at radius 1 is 1.16 bits per heavy atom. The maximum absolute atomic E-state index is 6.06. The lowest BCUT2D eigenvalue weighted by atomic mass is 10.0. The second-order valence-corrected chi connectivity index (χ2v) is 5.67. The quantitative estimate of drug-likeness (QED) is 0.855. The Hall–Kier alpha value is -1.31. The van der Waals surface area contributed by atoms with E-state index in [1.54, 1.807) is 0 Å². The molecule has 1 nitrogen and oxygen atoms in total. The summed E-state index contributed by atoms with van der Waals surface area (Å²) in [5, 5.41) is 4.52. The highest BCUT2D eigenvalue weighted by Crippen LogP contribution is 2.32. The zero-order valence-corrected chi connectivity index (χ0v) is 11.8. The van der Waals surface area contributed by atoms with Gasteiger partial charge >= 0.3 is 0 Å². The van der Waals surface area contributed by atoms with Gasteiger partial charge in [0.05, 0.1) is 0 Å². The summed E-state index contributed by atoms with van der Waals surface area (Å²) in [7, 11) is 0. The predicted molar refractivity (Wildman–Crippen MR) is 80.5 cm³/mol. The number of fused-ring (bicyclic) bond motifs is 1. The van der Waals surface area contributed by atoms with Gasteiger partial charge in [-0.25, -0.2) is 0 Å². The molecule has 2 unspecified atom stereocenters. The highest BCUT2D eigenvalue weighted by molar-refractivity contribution is 6.30. The second kappa shape index (κ2) is 5.36. The largest absolute Gasteiger partial charge is 0.303 e. The predicted octanol–water partition coefficient (Wildman–Crippen LogP) is 4.68. The first-order valence-electron chi connectivity index (χ1n) is 6.83. The van der Waals surface area contributed by atoms with Gasteiger partial charge in [-0.3, -0.25) is 0 Å². The lowest BCUT2D eigenvalue weighted by Gasteiger charge is -2.21. The van der Waals surface area contributed by atoms with Crippen molar-refractivity contribution in [3.63, 3.8) is 0 Å². The minimum atomic E-state index is 0.315. The molecule has 0 bridgehead atoms. The monoisotopic (exact) mass is 271 g/mol. The molecule has 3 rings (SSSR count). The SMILES string of the molecule is CC(NC1CCc2ccccc21)c1cccc(Cl)c1. The number of benzene rings is 2. The van der Waals surface area contributed by atoms with Gasteiger partial charge in [-0.15, -0.1) is 0 Å². The lowest BCUT2D eigenvalue weighted by molar-refractivity contribution is 0.465. The van der Waals surface area contributed by atoms with E-state index in [1.807, 2.05) is 18.2 Å². The van der Waals surface area contributed by atoms with Crippen molar-refractivity contribution in [1.29, 1.82) is 0 Å². The van der Waals surface area contributed by atoms with E-state index in [-0.39, 0.29) is 0 Å². The zero-order chi connectivity index (χ0) is 13.2. The number of nitrogens with one attached hydrogen (secondary N) is 1. The maximum atomic E-state index is 6.06. The molecule has 0 radical (unpaired) electrons. The van der Waals surface area contributed by atoms with E-state index in [1.165, 1.54) is 29.5 Å². The van der Waals surface area contributed by atoms with Gasteiger partial charge < -0.3 is 5.32 Å². The second-order valence-electron chi connectivity index (χ2n) is 5.23. The van der Waals surface area contributed by atoms with Crippen molar-refractivity contribution in [2.45, 2.75) is 31.8 Å². The third kappa shape index (κ3) is 2.68. The summed E-state index contributed by atoms with van der Waals surface area (Å²) in [6, 6.07) is 17.6. The third-order valence-electron chi connectivity index (χ3n) is 3.93. The van der Waals surface area contributed by atoms with E-state index in [9.17, 15) is 0 Å². The van der Waals surface area contributed by atoms with Crippen molar-refractivity contribution < 1.29 is 0 Å². The van der Waals surface area contributed by atoms with Crippen molar-refractivity contribution in [3.05, 3.63) is 70.2 Å². The Bertz CT molecular complexity index is 579. The highest BCUT2D eigenvalue weighted by Gasteiger charge is 2.23. The smallest absolute Gasteiger partial charge is 0.0409 e. The number of halogens is 1. The van der Waals surface area contributed by atoms with Gasteiger partial charge in [-0.2, -0.15) is 0 Å². The molecular formula is C17H18ClN. The molecular weight excluding hydrogens is 254 g/mol. The van der Waals surface area contributed by atoms with Crippen LogP contribution in [0.1, 0.15) is 42.1 Å². The summed E-state index contributed by atoms with van der Waals surface area (Å²) in [5.74, 6) is 0. The normalized spacial score (nSPS) is 19.2. The van der Waals surface area contributed by atoms with E-state index in [2.05, 4.69) is 42.6 Å². The summed E-state index contributed by atoms with van der Waals surface area (Å²) < 4.78 is 0. The van der Waals surface area contributed by atoms with Crippen LogP contribution in [0.25, 0.3) is 0 Å². The first-order valence-corrected chi connectivity index (χ1v) is 7.21. The van der Waals surface area contributed by atoms with E-state index in [0.29, 0.717) is 12.1 Å². The van der Waals surface area contributed by atoms with E-state index >= 15 is 0 Å². The summed E-state index contributed by atoms with van der Waals surface area (Å²) in [6.07, 6.45) is 2.36. The van der Waals surface area contributed by atoms with Gasteiger partial charge in [0.1, 0.15) is 0 Å². The van der Waals surface area contributed by atoms with Crippen LogP contribution < -0.4 is 5.32 Å². The highest BCUT2D eigenvalue weighted by atomic mass is 35.5. The van der Waals surface area contributed by atoms with Crippen molar-refractivity contribution in [3.8, 4) is 0 Å². The van der Waals surface area contributed by atoms with Crippen LogP contribution in [0, 0.1) is 0 Å². The topological polar surface area (TPSA) is 12.0 Å². The molecule has 2 atom stereocenters. The molecule has 0 fully saturated rings. The van der Waals surface area contributed by atoms with Crippen LogP contribution in [0.15, 0.2) is 48.5 Å². The summed E-state index contributed by atoms with van der Waals surface area (Å²) in [4.78, 5) is 0. The Kier molecular flexibility index (Phi) is 3.58. The van der Waals surface area contributed by atoms with Gasteiger partial charge in [-0.05, 0) is 48.6 Å². The van der Waals surface area contributed by atoms with Crippen LogP contribution in [0.3, 0.4) is 0 Å². The van der Waals surface area contributed by atoms with Crippen LogP contribution in [-0.4, -0.2) is 0 Å². The molecule has 2 aromatic rings. The molecule has 0 heterocycles. The maximum Gasteiger partial charge on any atom is 0.0409 e. The first kappa shape index (κ1) is 12.7. The Morgan fingerprint density at radius 2 is 2.00 bits per heavy atom. The molecule has 0 spiro atoms. The molecule has 2 aromatic carbocycles. The number of rotatable bonds is 3. The number of aryl methyl sites for hydroxylation is 1. The summed E-state index contributed by atoms with van der Waals surface area (Å²) >= 11 is 6.06. The first-order chi connectivity index (χ1) is 9.24. The summed E-state index contributed by atoms with van der Waals surface area (Å²) in [6.45, 7) is 2.20. The number of hydrogen-bond donors (Lipinski definition) is 1. The van der Waals surface area contributed by atoms with E-state index < -0.39 is 0 Å². The van der Waals surface area contributed by atoms with Crippen LogP contribution in [-0.2, 0) is 6.42 Å². The Balaban J connectivity index is 1.76. The summed E-state index contributed by atoms with van der Waals surface area (Å²) in [5.41, 5.74) is 4.19. The molecule has 1 N–H and O–H groups in total. The fourth-order valence-electron chi connectivity index (χ4n) is 2.90. The zero-order valence-electron chi connectivity index (χ0n) is 11.1. The number of hydrogen-bond acceptors (Lipinski definition) is 1. The van der Waals surface area contributed by atoms with Crippen LogP contribution in [0.2, 0.25) is 5.02 Å². The van der Waals surface area contributed by atoms with Gasteiger partial charge in [0.15, 0.2) is 0 Å². The Labute approximate surface area is 119 Å². The minimum Gasteiger partial charge on any atom is -0.303 e. The van der Waals surface area contributed by atoms with Gasteiger partial charge in [0.25, 0.3) is 0 Å². The third-order valence-corrected chi connectivity index (χ3v) is 4.17. The average Bonchev–Trinajstić information content (AvgIpc) is 2.82. The van der Waals surface area contributed by atoms with Crippen LogP contribution in [0.4, 0.5) is 0 Å². The standard InChI is InChI=1S/C17H18ClN/c1-12(14-6-4-7-15(18)11-14)19-17-10-9-13-5-2-3-8-16(13)17/h2-8,11-12,17,19H,9-10H2,1H3. The molecule has 0 amide bonds. The molecule has 2 heteroatoms. The van der Waals surface area contributed by atoms with Crippen molar-refractivity contribution in [2.75, 3.05) is 0 Å². The lowest BCUT2D eigenvalue weighted by Crippen LogP contribution is -2.22. The van der Waals surface area contributed by atoms with Gasteiger partial charge in [0, 0.05) is 17.1 Å². The molecule has 0 aliphatic heterocycles. The molecule has 19 heavy (non-hydrogen) atoms. The van der Waals surface area contributed by atoms with Gasteiger partial charge in [0.2, 0.25) is 0 Å². The van der Waals surface area contributed by atoms with Crippen molar-refractivity contribution in [1.82, 2.24) is 5.32 Å². The molecule has 0 aromatic heterocycles. The van der Waals surface area contributed by atoms with Gasteiger partial charge in [-0.1, -0.05) is 48.0 Å². The fourth-order valence-corrected chi connectivity index (χ4v) is 3.10. The molecule has 0 saturated heterocycles. The average molecular weight is 272 g/mol. The van der Waals surface area contributed by atoms with Crippen LogP contribution in [0.5, 0.6) is 0 Å². The molecule has 98 valence electrons. The van der Waals surface area contributed by atoms with E-state index in [0.717, 1.165) is 5.02 Å². The molecule has 0 saturated carbocycles. The molecule has 1 aliphatic carbocycles. The van der Waals surface area contributed by atoms with Crippen molar-refractivity contribution >= 4 is 11.6 Å². The molecule has 1 aliphatic rings. The van der Waals surface area contributed by atoms with E-state index in [4.69, 9.17) is 11.6 Å².